The van der Waals surface area contributed by atoms with E-state index >= 15 is 0 Å². The molecule has 0 saturated carbocycles. The average Bonchev–Trinajstić information content (AvgIpc) is 2.53. The summed E-state index contributed by atoms with van der Waals surface area (Å²) in [7, 11) is 2.01. The van der Waals surface area contributed by atoms with Crippen LogP contribution in [0.2, 0.25) is 5.15 Å². The van der Waals surface area contributed by atoms with Crippen LogP contribution in [0.4, 0.5) is 0 Å². The van der Waals surface area contributed by atoms with E-state index in [0.29, 0.717) is 5.92 Å². The van der Waals surface area contributed by atoms with E-state index in [9.17, 15) is 0 Å². The summed E-state index contributed by atoms with van der Waals surface area (Å²) in [6, 6.07) is 0. The number of nitrogens with one attached hydrogen (secondary N) is 2. The van der Waals surface area contributed by atoms with Crippen molar-refractivity contribution in [3.8, 4) is 0 Å². The van der Waals surface area contributed by atoms with Crippen molar-refractivity contribution in [2.75, 3.05) is 13.6 Å². The summed E-state index contributed by atoms with van der Waals surface area (Å²) >= 11 is 6.09. The van der Waals surface area contributed by atoms with Gasteiger partial charge in [0.1, 0.15) is 5.15 Å². The van der Waals surface area contributed by atoms with Crippen LogP contribution in [0.15, 0.2) is 6.20 Å². The van der Waals surface area contributed by atoms with Crippen molar-refractivity contribution in [2.45, 2.75) is 25.7 Å². The maximum absolute atomic E-state index is 6.09. The van der Waals surface area contributed by atoms with Crippen LogP contribution in [-0.4, -0.2) is 18.6 Å². The maximum Gasteiger partial charge on any atom is 0.109 e. The van der Waals surface area contributed by atoms with Crippen LogP contribution in [0.1, 0.15) is 30.4 Å². The zero-order chi connectivity index (χ0) is 10.1. The van der Waals surface area contributed by atoms with Gasteiger partial charge in [0.05, 0.1) is 0 Å². The number of likely N-dealkylation sites (N-methyl/N-ethyl adjacent to an activating group) is 1. The fourth-order valence-electron chi connectivity index (χ4n) is 2.44. The summed E-state index contributed by atoms with van der Waals surface area (Å²) in [5, 5.41) is 4.10. The number of rotatable bonds is 2. The van der Waals surface area contributed by atoms with Gasteiger partial charge in [-0.2, -0.15) is 0 Å². The van der Waals surface area contributed by atoms with Gasteiger partial charge in [-0.25, -0.2) is 0 Å². The summed E-state index contributed by atoms with van der Waals surface area (Å²) in [5.41, 5.74) is 2.76. The standard InChI is InChI=1S/C11H17ClN2/c1-7-3-4-8-10(6-14-11(8)12)9(7)5-13-2/h6-7,9,13-14H,3-5H2,1-2H3. The molecule has 0 saturated heterocycles. The molecular weight excluding hydrogens is 196 g/mol. The first-order chi connectivity index (χ1) is 6.74. The maximum atomic E-state index is 6.09. The van der Waals surface area contributed by atoms with Crippen molar-refractivity contribution >= 4 is 11.6 Å². The van der Waals surface area contributed by atoms with Crippen LogP contribution in [0.3, 0.4) is 0 Å². The van der Waals surface area contributed by atoms with Crippen molar-refractivity contribution in [3.05, 3.63) is 22.5 Å². The molecule has 0 radical (unpaired) electrons. The summed E-state index contributed by atoms with van der Waals surface area (Å²) in [4.78, 5) is 3.13. The molecule has 0 fully saturated rings. The van der Waals surface area contributed by atoms with E-state index < -0.39 is 0 Å². The highest BCUT2D eigenvalue weighted by Crippen LogP contribution is 2.38. The number of hydrogen-bond donors (Lipinski definition) is 2. The zero-order valence-electron chi connectivity index (χ0n) is 8.73. The Morgan fingerprint density at radius 1 is 1.64 bits per heavy atom. The van der Waals surface area contributed by atoms with Crippen LogP contribution in [0.5, 0.6) is 0 Å². The van der Waals surface area contributed by atoms with E-state index in [1.807, 2.05) is 7.05 Å². The first-order valence-corrected chi connectivity index (χ1v) is 5.62. The molecule has 0 aromatic carbocycles. The van der Waals surface area contributed by atoms with Gasteiger partial charge in [0, 0.05) is 18.7 Å². The monoisotopic (exact) mass is 212 g/mol. The highest BCUT2D eigenvalue weighted by molar-refractivity contribution is 6.30. The van der Waals surface area contributed by atoms with E-state index in [-0.39, 0.29) is 0 Å². The van der Waals surface area contributed by atoms with Crippen LogP contribution in [-0.2, 0) is 6.42 Å². The molecule has 0 bridgehead atoms. The first-order valence-electron chi connectivity index (χ1n) is 5.24. The predicted octanol–water partition coefficient (Wildman–Crippen LogP) is 2.55. The van der Waals surface area contributed by atoms with E-state index in [2.05, 4.69) is 23.4 Å². The normalized spacial score (nSPS) is 26.2. The van der Waals surface area contributed by atoms with Gasteiger partial charge in [0.25, 0.3) is 0 Å². The molecule has 1 aromatic rings. The van der Waals surface area contributed by atoms with Crippen molar-refractivity contribution in [1.29, 1.82) is 0 Å². The van der Waals surface area contributed by atoms with Crippen LogP contribution >= 0.6 is 11.6 Å². The second-order valence-electron chi connectivity index (χ2n) is 4.22. The van der Waals surface area contributed by atoms with Gasteiger partial charge >= 0.3 is 0 Å². The molecule has 0 aliphatic heterocycles. The molecule has 1 aromatic heterocycles. The highest BCUT2D eigenvalue weighted by Gasteiger charge is 2.28. The quantitative estimate of drug-likeness (QED) is 0.775. The zero-order valence-corrected chi connectivity index (χ0v) is 9.49. The molecule has 2 N–H and O–H groups in total. The van der Waals surface area contributed by atoms with E-state index in [1.54, 1.807) is 0 Å². The van der Waals surface area contributed by atoms with Gasteiger partial charge in [-0.05, 0) is 36.9 Å². The third-order valence-corrected chi connectivity index (χ3v) is 3.67. The van der Waals surface area contributed by atoms with Crippen LogP contribution in [0, 0.1) is 5.92 Å². The van der Waals surface area contributed by atoms with Gasteiger partial charge in [0.15, 0.2) is 0 Å². The molecule has 14 heavy (non-hydrogen) atoms. The highest BCUT2D eigenvalue weighted by atomic mass is 35.5. The fraction of sp³-hybridized carbons (Fsp3) is 0.636. The minimum atomic E-state index is 0.618. The predicted molar refractivity (Wildman–Crippen MR) is 60.0 cm³/mol. The first kappa shape index (κ1) is 10.1. The summed E-state index contributed by atoms with van der Waals surface area (Å²) < 4.78 is 0. The third kappa shape index (κ3) is 1.57. The second-order valence-corrected chi connectivity index (χ2v) is 4.59. The van der Waals surface area contributed by atoms with Crippen molar-refractivity contribution < 1.29 is 0 Å². The number of halogens is 1. The van der Waals surface area contributed by atoms with Crippen LogP contribution < -0.4 is 5.32 Å². The number of H-pyrrole nitrogens is 1. The molecule has 1 heterocycles. The molecule has 2 atom stereocenters. The SMILES string of the molecule is CNCC1c2c[nH]c(Cl)c2CCC1C. The number of fused-ring (bicyclic) bond motifs is 1. The molecule has 2 nitrogen and oxygen atoms in total. The van der Waals surface area contributed by atoms with E-state index in [0.717, 1.165) is 24.0 Å². The third-order valence-electron chi connectivity index (χ3n) is 3.33. The molecule has 2 unspecified atom stereocenters. The Morgan fingerprint density at radius 3 is 3.14 bits per heavy atom. The second kappa shape index (κ2) is 3.95. The molecule has 78 valence electrons. The van der Waals surface area contributed by atoms with Gasteiger partial charge in [-0.3, -0.25) is 0 Å². The van der Waals surface area contributed by atoms with Crippen molar-refractivity contribution in [2.24, 2.45) is 5.92 Å². The lowest BCUT2D eigenvalue weighted by molar-refractivity contribution is 0.394. The Kier molecular flexibility index (Phi) is 2.84. The van der Waals surface area contributed by atoms with Crippen LogP contribution in [0.25, 0.3) is 0 Å². The molecular formula is C11H17ClN2. The molecule has 2 rings (SSSR count). The lowest BCUT2D eigenvalue weighted by atomic mass is 9.78. The lowest BCUT2D eigenvalue weighted by Crippen LogP contribution is -2.26. The smallest absolute Gasteiger partial charge is 0.109 e. The number of aromatic amines is 1. The van der Waals surface area contributed by atoms with Crippen molar-refractivity contribution in [1.82, 2.24) is 10.3 Å². The topological polar surface area (TPSA) is 27.8 Å². The Labute approximate surface area is 90.0 Å². The van der Waals surface area contributed by atoms with Gasteiger partial charge in [-0.15, -0.1) is 0 Å². The lowest BCUT2D eigenvalue weighted by Gasteiger charge is -2.29. The van der Waals surface area contributed by atoms with E-state index in [1.165, 1.54) is 17.5 Å². The Bertz CT molecular complexity index is 319. The Hall–Kier alpha value is -0.470. The molecule has 1 aliphatic carbocycles. The largest absolute Gasteiger partial charge is 0.352 e. The van der Waals surface area contributed by atoms with Crippen molar-refractivity contribution in [3.63, 3.8) is 0 Å². The van der Waals surface area contributed by atoms with Gasteiger partial charge in [-0.1, -0.05) is 18.5 Å². The Morgan fingerprint density at radius 2 is 2.43 bits per heavy atom. The molecule has 3 heteroatoms. The minimum Gasteiger partial charge on any atom is -0.352 e. The molecule has 0 amide bonds. The number of hydrogen-bond acceptors (Lipinski definition) is 1. The number of aromatic nitrogens is 1. The fourth-order valence-corrected chi connectivity index (χ4v) is 2.70. The molecule has 1 aliphatic rings. The summed E-state index contributed by atoms with van der Waals surface area (Å²) in [6.45, 7) is 3.37. The van der Waals surface area contributed by atoms with Gasteiger partial charge < -0.3 is 10.3 Å². The summed E-state index contributed by atoms with van der Waals surface area (Å²) in [6.07, 6.45) is 4.45. The minimum absolute atomic E-state index is 0.618. The molecule has 0 spiro atoms. The summed E-state index contributed by atoms with van der Waals surface area (Å²) in [5.74, 6) is 1.37. The van der Waals surface area contributed by atoms with E-state index in [4.69, 9.17) is 11.6 Å². The van der Waals surface area contributed by atoms with Gasteiger partial charge in [0.2, 0.25) is 0 Å². The Balaban J connectivity index is 2.32. The average molecular weight is 213 g/mol.